The lowest BCUT2D eigenvalue weighted by molar-refractivity contribution is -0.164. The molecule has 0 bridgehead atoms. The number of hydrogen-bond donors (Lipinski definition) is 0. The van der Waals surface area contributed by atoms with Gasteiger partial charge in [0.15, 0.2) is 0 Å². The Morgan fingerprint density at radius 2 is 1.74 bits per heavy atom. The Balaban J connectivity index is 1.22. The summed E-state index contributed by atoms with van der Waals surface area (Å²) in [5.74, 6) is 3.38. The zero-order valence-electron chi connectivity index (χ0n) is 19.9. The van der Waals surface area contributed by atoms with E-state index in [2.05, 4.69) is 18.7 Å². The van der Waals surface area contributed by atoms with Crippen molar-refractivity contribution in [3.05, 3.63) is 0 Å². The van der Waals surface area contributed by atoms with E-state index in [1.165, 1.54) is 51.4 Å². The first-order chi connectivity index (χ1) is 14.9. The van der Waals surface area contributed by atoms with E-state index < -0.39 is 0 Å². The molecule has 1 aliphatic heterocycles. The Bertz CT molecular complexity index is 701. The second-order valence-corrected chi connectivity index (χ2v) is 12.2. The summed E-state index contributed by atoms with van der Waals surface area (Å²) in [6.07, 6.45) is 14.5. The van der Waals surface area contributed by atoms with Crippen LogP contribution in [0.4, 0.5) is 0 Å². The number of ketones is 1. The van der Waals surface area contributed by atoms with Crippen LogP contribution in [0, 0.1) is 34.5 Å². The molecule has 1 saturated heterocycles. The molecule has 4 saturated carbocycles. The molecule has 0 aromatic heterocycles. The van der Waals surface area contributed by atoms with Crippen LogP contribution in [0.15, 0.2) is 0 Å². The van der Waals surface area contributed by atoms with Gasteiger partial charge in [0.25, 0.3) is 0 Å². The summed E-state index contributed by atoms with van der Waals surface area (Å²) in [7, 11) is 0. The Kier molecular flexibility index (Phi) is 5.99. The second kappa shape index (κ2) is 8.47. The number of hydrogen-bond acceptors (Lipinski definition) is 4. The maximum Gasteiger partial charge on any atom is 0.307 e. The minimum atomic E-state index is 0.0287. The van der Waals surface area contributed by atoms with E-state index in [0.29, 0.717) is 29.5 Å². The largest absolute Gasteiger partial charge is 0.462 e. The standard InChI is InChI=1S/C27H43NO3/c1-26-13-10-20(29)18-19(26)6-7-21-22-8-9-24(27(22,2)14-11-23(21)26)31-25(30)12-17-28-15-4-3-5-16-28/h19,21-24H,3-18H2,1-2H3/t19-,21-,22-,23-,24+,26-,27-/m0/s1. The third-order valence-corrected chi connectivity index (χ3v) is 10.7. The summed E-state index contributed by atoms with van der Waals surface area (Å²) in [6.45, 7) is 8.10. The summed E-state index contributed by atoms with van der Waals surface area (Å²) >= 11 is 0. The molecule has 31 heavy (non-hydrogen) atoms. The molecule has 7 atom stereocenters. The number of esters is 1. The van der Waals surface area contributed by atoms with Crippen LogP contribution in [0.3, 0.4) is 0 Å². The highest BCUT2D eigenvalue weighted by Crippen LogP contribution is 2.66. The molecule has 0 aromatic carbocycles. The summed E-state index contributed by atoms with van der Waals surface area (Å²) in [6, 6.07) is 0. The Morgan fingerprint density at radius 1 is 0.968 bits per heavy atom. The first kappa shape index (κ1) is 21.9. The van der Waals surface area contributed by atoms with Crippen molar-refractivity contribution in [3.63, 3.8) is 0 Å². The van der Waals surface area contributed by atoms with Crippen molar-refractivity contribution in [1.29, 1.82) is 0 Å². The van der Waals surface area contributed by atoms with Gasteiger partial charge in [0.05, 0.1) is 6.42 Å². The molecular formula is C27H43NO3. The van der Waals surface area contributed by atoms with Crippen LogP contribution in [0.25, 0.3) is 0 Å². The van der Waals surface area contributed by atoms with Crippen molar-refractivity contribution in [2.24, 2.45) is 34.5 Å². The van der Waals surface area contributed by atoms with Crippen molar-refractivity contribution in [2.45, 2.75) is 103 Å². The normalized spacial score (nSPS) is 45.5. The van der Waals surface area contributed by atoms with Crippen LogP contribution in [-0.4, -0.2) is 42.4 Å². The van der Waals surface area contributed by atoms with Crippen LogP contribution in [-0.2, 0) is 14.3 Å². The molecular weight excluding hydrogens is 386 g/mol. The molecule has 5 fully saturated rings. The van der Waals surface area contributed by atoms with Gasteiger partial charge in [-0.2, -0.15) is 0 Å². The van der Waals surface area contributed by atoms with Crippen molar-refractivity contribution in [3.8, 4) is 0 Å². The number of carbonyl (C=O) groups is 2. The molecule has 0 spiro atoms. The number of carbonyl (C=O) groups excluding carboxylic acids is 2. The minimum absolute atomic E-state index is 0.0287. The van der Waals surface area contributed by atoms with Gasteiger partial charge >= 0.3 is 5.97 Å². The lowest BCUT2D eigenvalue weighted by Crippen LogP contribution is -2.54. The highest BCUT2D eigenvalue weighted by atomic mass is 16.5. The van der Waals surface area contributed by atoms with E-state index in [4.69, 9.17) is 4.74 Å². The number of fused-ring (bicyclic) bond motifs is 5. The first-order valence-corrected chi connectivity index (χ1v) is 13.3. The summed E-state index contributed by atoms with van der Waals surface area (Å²) in [4.78, 5) is 27.3. The SMILES string of the molecule is C[C@]12CCC(=O)C[C@@H]1CC[C@@H]1[C@@H]2CC[C@]2(C)[C@H](OC(=O)CCN3CCCCC3)CC[C@@H]12. The molecule has 1 heterocycles. The van der Waals surface area contributed by atoms with E-state index >= 15 is 0 Å². The lowest BCUT2D eigenvalue weighted by atomic mass is 9.45. The minimum Gasteiger partial charge on any atom is -0.462 e. The van der Waals surface area contributed by atoms with Crippen molar-refractivity contribution < 1.29 is 14.3 Å². The number of likely N-dealkylation sites (tertiary alicyclic amines) is 1. The van der Waals surface area contributed by atoms with Gasteiger partial charge in [-0.25, -0.2) is 0 Å². The fourth-order valence-electron chi connectivity index (χ4n) is 8.84. The van der Waals surface area contributed by atoms with Gasteiger partial charge in [0.2, 0.25) is 0 Å². The number of rotatable bonds is 4. The number of piperidine rings is 1. The third-order valence-electron chi connectivity index (χ3n) is 10.7. The predicted molar refractivity (Wildman–Crippen MR) is 122 cm³/mol. The van der Waals surface area contributed by atoms with Crippen LogP contribution < -0.4 is 0 Å². The summed E-state index contributed by atoms with van der Waals surface area (Å²) < 4.78 is 6.19. The topological polar surface area (TPSA) is 46.6 Å². The van der Waals surface area contributed by atoms with Gasteiger partial charge in [-0.15, -0.1) is 0 Å². The maximum atomic E-state index is 12.7. The monoisotopic (exact) mass is 429 g/mol. The molecule has 0 N–H and O–H groups in total. The van der Waals surface area contributed by atoms with Crippen LogP contribution in [0.2, 0.25) is 0 Å². The van der Waals surface area contributed by atoms with Crippen LogP contribution in [0.5, 0.6) is 0 Å². The molecule has 174 valence electrons. The average Bonchev–Trinajstić information content (AvgIpc) is 3.10. The van der Waals surface area contributed by atoms with Crippen molar-refractivity contribution in [2.75, 3.05) is 19.6 Å². The molecule has 5 rings (SSSR count). The number of ether oxygens (including phenoxy) is 1. The molecule has 5 aliphatic rings. The van der Waals surface area contributed by atoms with Gasteiger partial charge in [-0.05, 0) is 100.0 Å². The first-order valence-electron chi connectivity index (χ1n) is 13.3. The number of Topliss-reactive ketones (excluding diaryl/α,β-unsaturated/α-hetero) is 1. The molecule has 0 radical (unpaired) electrons. The summed E-state index contributed by atoms with van der Waals surface area (Å²) in [5, 5.41) is 0. The predicted octanol–water partition coefficient (Wildman–Crippen LogP) is 5.39. The van der Waals surface area contributed by atoms with Crippen LogP contribution in [0.1, 0.15) is 97.3 Å². The van der Waals surface area contributed by atoms with Gasteiger partial charge in [-0.3, -0.25) is 9.59 Å². The second-order valence-electron chi connectivity index (χ2n) is 12.2. The lowest BCUT2D eigenvalue weighted by Gasteiger charge is -2.60. The van der Waals surface area contributed by atoms with Crippen molar-refractivity contribution >= 4 is 11.8 Å². The fraction of sp³-hybridized carbons (Fsp3) is 0.926. The van der Waals surface area contributed by atoms with Crippen LogP contribution >= 0.6 is 0 Å². The maximum absolute atomic E-state index is 12.7. The quantitative estimate of drug-likeness (QED) is 0.563. The zero-order valence-corrected chi connectivity index (χ0v) is 19.9. The number of nitrogens with zero attached hydrogens (tertiary/aromatic N) is 1. The molecule has 4 heteroatoms. The fourth-order valence-corrected chi connectivity index (χ4v) is 8.84. The van der Waals surface area contributed by atoms with E-state index in [9.17, 15) is 9.59 Å². The Morgan fingerprint density at radius 3 is 2.55 bits per heavy atom. The highest BCUT2D eigenvalue weighted by molar-refractivity contribution is 5.79. The molecule has 0 aromatic rings. The highest BCUT2D eigenvalue weighted by Gasteiger charge is 2.61. The van der Waals surface area contributed by atoms with E-state index in [0.717, 1.165) is 57.2 Å². The van der Waals surface area contributed by atoms with Gasteiger partial charge < -0.3 is 9.64 Å². The zero-order chi connectivity index (χ0) is 21.6. The molecule has 0 unspecified atom stereocenters. The van der Waals surface area contributed by atoms with Gasteiger partial charge in [0.1, 0.15) is 11.9 Å². The Labute approximate surface area is 188 Å². The van der Waals surface area contributed by atoms with E-state index in [1.807, 2.05) is 0 Å². The van der Waals surface area contributed by atoms with Gasteiger partial charge in [0, 0.05) is 24.8 Å². The molecule has 4 nitrogen and oxygen atoms in total. The summed E-state index contributed by atoms with van der Waals surface area (Å²) in [5.41, 5.74) is 0.525. The molecule has 0 amide bonds. The average molecular weight is 430 g/mol. The van der Waals surface area contributed by atoms with E-state index in [1.54, 1.807) is 0 Å². The smallest absolute Gasteiger partial charge is 0.307 e. The third kappa shape index (κ3) is 3.89. The van der Waals surface area contributed by atoms with E-state index in [-0.39, 0.29) is 17.5 Å². The Hall–Kier alpha value is -0.900. The van der Waals surface area contributed by atoms with Crippen molar-refractivity contribution in [1.82, 2.24) is 4.90 Å². The molecule has 4 aliphatic carbocycles. The van der Waals surface area contributed by atoms with Gasteiger partial charge in [-0.1, -0.05) is 20.3 Å².